The minimum Gasteiger partial charge on any atom is -0.457 e. The van der Waals surface area contributed by atoms with Gasteiger partial charge in [-0.15, -0.1) is 11.8 Å². The van der Waals surface area contributed by atoms with Crippen LogP contribution in [-0.2, 0) is 29.1 Å². The van der Waals surface area contributed by atoms with Gasteiger partial charge in [-0.25, -0.2) is 79.8 Å². The monoisotopic (exact) mass is 1710 g/mol. The molecule has 0 unspecified atom stereocenters. The Balaban J connectivity index is 0.000000133. The molecule has 0 saturated carbocycles. The lowest BCUT2D eigenvalue weighted by Gasteiger charge is -2.32. The number of hydrogen-bond acceptors (Lipinski definition) is 27. The average molecular weight is 1710 g/mol. The molecule has 18 rings (SSSR count). The van der Waals surface area contributed by atoms with E-state index in [0.29, 0.717) is 92.0 Å². The maximum absolute atomic E-state index is 15.6. The molecule has 8 N–H and O–H groups in total. The van der Waals surface area contributed by atoms with Gasteiger partial charge in [0.2, 0.25) is 0 Å². The van der Waals surface area contributed by atoms with E-state index >= 15 is 8.78 Å². The molecule has 38 heteroatoms. The van der Waals surface area contributed by atoms with Crippen molar-refractivity contribution in [1.82, 2.24) is 113 Å². The molecular weight excluding hydrogens is 1610 g/mol. The number of nitrogens with one attached hydrogen (secondary N) is 4. The summed E-state index contributed by atoms with van der Waals surface area (Å²) in [4.78, 5) is 56.8. The molecule has 124 heavy (non-hydrogen) atoms. The Labute approximate surface area is 715 Å². The lowest BCUT2D eigenvalue weighted by Crippen LogP contribution is -2.45. The number of carbonyl (C=O) groups is 2. The fourth-order valence-corrected chi connectivity index (χ4v) is 15.3. The molecule has 0 bridgehead atoms. The van der Waals surface area contributed by atoms with Gasteiger partial charge in [-0.1, -0.05) is 0 Å². The number of thioether (sulfide) groups is 1. The lowest BCUT2D eigenvalue weighted by molar-refractivity contribution is 0.0466. The van der Waals surface area contributed by atoms with E-state index in [1.165, 1.54) is 43.3 Å². The minimum atomic E-state index is -0.527. The molecule has 0 radical (unpaired) electrons. The molecule has 646 valence electrons. The summed E-state index contributed by atoms with van der Waals surface area (Å²) in [6.45, 7) is 23.9. The summed E-state index contributed by atoms with van der Waals surface area (Å²) in [5.74, 6) is 2.62. The summed E-state index contributed by atoms with van der Waals surface area (Å²) in [7, 11) is 0. The number of piperidine rings is 3. The van der Waals surface area contributed by atoms with Gasteiger partial charge in [0.05, 0.1) is 17.1 Å². The molecule has 12 aromatic heterocycles. The van der Waals surface area contributed by atoms with Crippen molar-refractivity contribution in [2.45, 2.75) is 155 Å². The number of rotatable bonds is 19. The molecule has 0 aliphatic carbocycles. The van der Waals surface area contributed by atoms with E-state index in [2.05, 4.69) is 103 Å². The normalized spacial score (nSPS) is 14.7. The van der Waals surface area contributed by atoms with Gasteiger partial charge in [-0.3, -0.25) is 14.7 Å². The van der Waals surface area contributed by atoms with E-state index in [1.807, 2.05) is 83.0 Å². The van der Waals surface area contributed by atoms with Crippen molar-refractivity contribution in [3.05, 3.63) is 217 Å². The van der Waals surface area contributed by atoms with Crippen molar-refractivity contribution in [1.29, 1.82) is 0 Å². The number of nitrogens with two attached hydrogens (primary N) is 2. The first kappa shape index (κ1) is 85.7. The summed E-state index contributed by atoms with van der Waals surface area (Å²) in [5.41, 5.74) is 20.3. The van der Waals surface area contributed by atoms with Crippen molar-refractivity contribution in [3.8, 4) is 34.5 Å². The average Bonchev–Trinajstić information content (AvgIpc) is 1.55. The van der Waals surface area contributed by atoms with Crippen molar-refractivity contribution >= 4 is 86.1 Å². The molecule has 3 fully saturated rings. The molecule has 34 nitrogen and oxygen atoms in total. The molecule has 0 atom stereocenters. The fourth-order valence-electron chi connectivity index (χ4n) is 14.8. The number of carbonyl (C=O) groups excluding carboxylic acids is 2. The number of pyridine rings is 3. The maximum atomic E-state index is 15.6. The number of hydrogen-bond donors (Lipinski definition) is 6. The van der Waals surface area contributed by atoms with Crippen LogP contribution in [0.3, 0.4) is 0 Å². The molecule has 3 aliphatic heterocycles. The summed E-state index contributed by atoms with van der Waals surface area (Å²) >= 11 is 1.64. The zero-order valence-electron chi connectivity index (χ0n) is 70.4. The van der Waals surface area contributed by atoms with Gasteiger partial charge in [-0.2, -0.15) is 30.6 Å². The zero-order chi connectivity index (χ0) is 86.9. The number of amides is 2. The first-order valence-electron chi connectivity index (χ1n) is 40.7. The van der Waals surface area contributed by atoms with Gasteiger partial charge >= 0.3 is 12.2 Å². The molecule has 2 amide bonds. The first-order chi connectivity index (χ1) is 59.7. The Bertz CT molecular complexity index is 6280. The van der Waals surface area contributed by atoms with Crippen LogP contribution in [0.2, 0.25) is 0 Å². The zero-order valence-corrected chi connectivity index (χ0v) is 71.2. The summed E-state index contributed by atoms with van der Waals surface area (Å²) in [5, 5.41) is 38.4. The number of nitrogen functional groups attached to an aromatic ring is 1. The van der Waals surface area contributed by atoms with Gasteiger partial charge in [0.15, 0.2) is 46.0 Å². The highest BCUT2D eigenvalue weighted by Crippen LogP contribution is 2.38. The summed E-state index contributed by atoms with van der Waals surface area (Å²) in [6, 6.07) is 27.0. The van der Waals surface area contributed by atoms with Crippen LogP contribution in [0.5, 0.6) is 34.5 Å². The fraction of sp³-hybridized carbons (Fsp3) is 0.349. The third-order valence-corrected chi connectivity index (χ3v) is 21.9. The van der Waals surface area contributed by atoms with Crippen LogP contribution in [-0.4, -0.2) is 189 Å². The van der Waals surface area contributed by atoms with Crippen LogP contribution in [0.25, 0.3) is 33.5 Å². The van der Waals surface area contributed by atoms with Crippen molar-refractivity contribution in [3.63, 3.8) is 0 Å². The minimum absolute atomic E-state index is 0.0706. The predicted molar refractivity (Wildman–Crippen MR) is 462 cm³/mol. The van der Waals surface area contributed by atoms with E-state index in [-0.39, 0.29) is 41.7 Å². The number of fused-ring (bicyclic) bond motifs is 6. The number of likely N-dealkylation sites (tertiary alicyclic amines) is 3. The van der Waals surface area contributed by atoms with Crippen LogP contribution in [0, 0.1) is 38.2 Å². The number of aromatic nitrogens is 18. The molecule has 15 aromatic rings. The van der Waals surface area contributed by atoms with Gasteiger partial charge in [0, 0.05) is 136 Å². The summed E-state index contributed by atoms with van der Waals surface area (Å²) < 4.78 is 83.3. The number of halogens is 3. The van der Waals surface area contributed by atoms with Crippen LogP contribution in [0.15, 0.2) is 171 Å². The van der Waals surface area contributed by atoms with E-state index in [1.54, 1.807) is 147 Å². The second-order valence-corrected chi connectivity index (χ2v) is 33.2. The highest BCUT2D eigenvalue weighted by molar-refractivity contribution is 7.98. The molecule has 3 saturated heterocycles. The van der Waals surface area contributed by atoms with Crippen molar-refractivity contribution < 1.29 is 46.4 Å². The standard InChI is InChI=1S/C30H34FN9O3.C25H26FN9O.C18H27N5O2S.C13H11FN4O/c1-19-24(42-22-10-14-39-25(15-22)32-17-34-39)6-5-23(26(19)31)37-28-27-20(7-13-40(27)35-18-33-28)16-38-11-8-21(9-12-38)36-29(41)43-30(2,3)4;1-16-21(36-19-7-11-34-22(12-19)28-14-30-34)3-2-20(23(16)26)32-25-24-17(4-10-35(24)31-15-29-25)13-33-8-5-18(27)6-9-33;1-18(2,3)25-17(24)21-14-6-8-22(9-7-14)11-13-5-10-23-15(13)16(26-4)19-12-20-23;1-8-11(3-2-10(15)13(8)14)19-9-4-5-18-12(6-9)16-7-17-18/h5-7,10,13-15,17-18,21H,8-9,11-12,16H2,1-4H3,(H,36,41)(H,33,35,37);2-4,7,10-12,14-15,18H,5-6,8-9,13,27H2,1H3,(H,29,31,32);5,10,12,14H,6-9,11H2,1-4H3,(H,21,24);2-7H,15H2,1H3. The maximum Gasteiger partial charge on any atom is 0.407 e. The number of alkyl carbamates (subject to hydrolysis) is 2. The molecular formula is C86H98F3N27O7S. The second kappa shape index (κ2) is 37.6. The smallest absolute Gasteiger partial charge is 0.407 e. The van der Waals surface area contributed by atoms with Gasteiger partial charge in [0.25, 0.3) is 0 Å². The van der Waals surface area contributed by atoms with Gasteiger partial charge in [0.1, 0.15) is 105 Å². The van der Waals surface area contributed by atoms with E-state index < -0.39 is 28.7 Å². The van der Waals surface area contributed by atoms with Crippen LogP contribution < -0.4 is 46.9 Å². The molecule has 15 heterocycles. The second-order valence-electron chi connectivity index (χ2n) is 32.4. The Hall–Kier alpha value is -13.3. The SMILES string of the molecule is CSc1ncnn2ccc(CN3CCC(NC(=O)OC(C)(C)C)CC3)c12.Cc1c(Oc2ccn3ncnc3c2)ccc(N)c1F.Cc1c(Oc2ccn3ncnc3c2)ccc(Nc2ncnn3ccc(CN4CCC(N)CC4)c23)c1F.Cc1c(Oc2ccn3ncnc3c2)ccc(Nc2ncnn3ccc(CN4CCC(NC(=O)OC(C)(C)C)CC4)c23)c1F. The van der Waals surface area contributed by atoms with Crippen LogP contribution >= 0.6 is 11.8 Å². The summed E-state index contributed by atoms with van der Waals surface area (Å²) in [6.07, 6.45) is 26.6. The highest BCUT2D eigenvalue weighted by Gasteiger charge is 2.29. The van der Waals surface area contributed by atoms with E-state index in [4.69, 9.17) is 35.2 Å². The molecule has 3 aliphatic rings. The highest BCUT2D eigenvalue weighted by atomic mass is 32.2. The van der Waals surface area contributed by atoms with Gasteiger partial charge < -0.3 is 56.4 Å². The molecule has 3 aromatic carbocycles. The van der Waals surface area contributed by atoms with Crippen LogP contribution in [0.4, 0.5) is 51.5 Å². The first-order valence-corrected chi connectivity index (χ1v) is 41.9. The van der Waals surface area contributed by atoms with E-state index in [9.17, 15) is 14.0 Å². The quantitative estimate of drug-likeness (QED) is 0.0323. The number of ether oxygens (including phenoxy) is 5. The predicted octanol–water partition coefficient (Wildman–Crippen LogP) is 14.4. The largest absolute Gasteiger partial charge is 0.457 e. The number of nitrogens with zero attached hydrogens (tertiary/aromatic N) is 21. The molecule has 0 spiro atoms. The third-order valence-electron chi connectivity index (χ3n) is 21.2. The Morgan fingerprint density at radius 1 is 0.435 bits per heavy atom. The van der Waals surface area contributed by atoms with Crippen molar-refractivity contribution in [2.24, 2.45) is 5.73 Å². The third kappa shape index (κ3) is 20.9. The number of benzene rings is 3. The van der Waals surface area contributed by atoms with Crippen molar-refractivity contribution in [2.75, 3.05) is 61.9 Å². The Kier molecular flexibility index (Phi) is 26.0. The number of anilines is 5. The lowest BCUT2D eigenvalue weighted by atomic mass is 10.0. The van der Waals surface area contributed by atoms with E-state index in [0.717, 1.165) is 124 Å². The Morgan fingerprint density at radius 3 is 1.15 bits per heavy atom. The topological polar surface area (TPSA) is 371 Å². The van der Waals surface area contributed by atoms with Crippen LogP contribution in [0.1, 0.15) is 113 Å². The van der Waals surface area contributed by atoms with Gasteiger partial charge in [-0.05, 0) is 210 Å². The Morgan fingerprint density at radius 2 is 0.766 bits per heavy atom.